The fourth-order valence-electron chi connectivity index (χ4n) is 0.677. The lowest BCUT2D eigenvalue weighted by atomic mass is 10.4. The van der Waals surface area contributed by atoms with E-state index in [9.17, 15) is 17.6 Å². The highest BCUT2D eigenvalue weighted by Crippen LogP contribution is 2.28. The Kier molecular flexibility index (Phi) is 2.03. The van der Waals surface area contributed by atoms with Gasteiger partial charge in [0, 0.05) is 6.54 Å². The molecule has 0 N–H and O–H groups in total. The zero-order valence-corrected chi connectivity index (χ0v) is 6.06. The summed E-state index contributed by atoms with van der Waals surface area (Å²) in [6, 6.07) is 0. The van der Waals surface area contributed by atoms with Crippen LogP contribution in [0.1, 0.15) is 12.6 Å². The fourth-order valence-corrected chi connectivity index (χ4v) is 0.677. The molecule has 0 amide bonds. The summed E-state index contributed by atoms with van der Waals surface area (Å²) >= 11 is 0. The molecule has 0 saturated heterocycles. The predicted molar refractivity (Wildman–Crippen MR) is 30.7 cm³/mol. The smallest absolute Gasteiger partial charge is 0.219 e. The van der Waals surface area contributed by atoms with Gasteiger partial charge in [0.1, 0.15) is 0 Å². The second-order valence-electron chi connectivity index (χ2n) is 2.04. The van der Waals surface area contributed by atoms with Crippen molar-refractivity contribution in [1.29, 1.82) is 0 Å². The Bertz CT molecular complexity index is 277. The zero-order valence-electron chi connectivity index (χ0n) is 6.06. The number of nitrogens with zero attached hydrogens (tertiary/aromatic N) is 3. The van der Waals surface area contributed by atoms with Gasteiger partial charge in [0.25, 0.3) is 0 Å². The summed E-state index contributed by atoms with van der Waals surface area (Å²) in [7, 11) is 0. The highest BCUT2D eigenvalue weighted by molar-refractivity contribution is 5.00. The van der Waals surface area contributed by atoms with E-state index in [1.807, 2.05) is 0 Å². The van der Waals surface area contributed by atoms with E-state index >= 15 is 0 Å². The average Bonchev–Trinajstić information content (AvgIpc) is 2.29. The first kappa shape index (κ1) is 8.95. The van der Waals surface area contributed by atoms with Gasteiger partial charge in [-0.25, -0.2) is 4.68 Å². The third-order valence-corrected chi connectivity index (χ3v) is 1.24. The van der Waals surface area contributed by atoms with Crippen molar-refractivity contribution in [1.82, 2.24) is 15.0 Å². The SMILES string of the molecule is CCn1nnc(C(F)(F)F)c1F. The first-order valence-corrected chi connectivity index (χ1v) is 3.13. The second-order valence-corrected chi connectivity index (χ2v) is 2.04. The van der Waals surface area contributed by atoms with Crippen LogP contribution in [0, 0.1) is 5.95 Å². The van der Waals surface area contributed by atoms with Crippen molar-refractivity contribution >= 4 is 0 Å². The van der Waals surface area contributed by atoms with Gasteiger partial charge in [-0.05, 0) is 6.92 Å². The van der Waals surface area contributed by atoms with E-state index < -0.39 is 17.8 Å². The molecule has 3 nitrogen and oxygen atoms in total. The Morgan fingerprint density at radius 2 is 2.00 bits per heavy atom. The van der Waals surface area contributed by atoms with Gasteiger partial charge in [0.2, 0.25) is 11.6 Å². The highest BCUT2D eigenvalue weighted by atomic mass is 19.4. The molecular weight excluding hydrogens is 178 g/mol. The quantitative estimate of drug-likeness (QED) is 0.617. The topological polar surface area (TPSA) is 30.7 Å². The summed E-state index contributed by atoms with van der Waals surface area (Å²) in [5.74, 6) is -1.44. The Labute approximate surface area is 65.0 Å². The van der Waals surface area contributed by atoms with Crippen molar-refractivity contribution in [2.24, 2.45) is 0 Å². The molecule has 7 heteroatoms. The summed E-state index contributed by atoms with van der Waals surface area (Å²) in [5.41, 5.74) is -1.57. The third kappa shape index (κ3) is 1.39. The standard InChI is InChI=1S/C5H5F4N3/c1-2-12-4(6)3(10-11-12)5(7,8)9/h2H2,1H3. The van der Waals surface area contributed by atoms with Gasteiger partial charge < -0.3 is 0 Å². The van der Waals surface area contributed by atoms with Crippen LogP contribution >= 0.6 is 0 Å². The van der Waals surface area contributed by atoms with Gasteiger partial charge in [0.15, 0.2) is 0 Å². The molecule has 0 saturated carbocycles. The molecule has 0 aliphatic carbocycles. The second kappa shape index (κ2) is 2.72. The molecule has 0 radical (unpaired) electrons. The molecule has 0 unspecified atom stereocenters. The Morgan fingerprint density at radius 3 is 2.25 bits per heavy atom. The highest BCUT2D eigenvalue weighted by Gasteiger charge is 2.39. The van der Waals surface area contributed by atoms with Crippen LogP contribution in [0.25, 0.3) is 0 Å². The lowest BCUT2D eigenvalue weighted by Crippen LogP contribution is -2.09. The van der Waals surface area contributed by atoms with Gasteiger partial charge in [0.05, 0.1) is 0 Å². The summed E-state index contributed by atoms with van der Waals surface area (Å²) in [4.78, 5) is 0. The monoisotopic (exact) mass is 183 g/mol. The number of alkyl halides is 3. The molecule has 0 aliphatic heterocycles. The van der Waals surface area contributed by atoms with Crippen molar-refractivity contribution in [2.45, 2.75) is 19.6 Å². The van der Waals surface area contributed by atoms with E-state index in [1.54, 1.807) is 0 Å². The van der Waals surface area contributed by atoms with Crippen LogP contribution in [0.15, 0.2) is 0 Å². The molecular formula is C5H5F4N3. The number of aryl methyl sites for hydroxylation is 1. The van der Waals surface area contributed by atoms with E-state index in [-0.39, 0.29) is 6.54 Å². The van der Waals surface area contributed by atoms with Crippen LogP contribution in [0.2, 0.25) is 0 Å². The largest absolute Gasteiger partial charge is 0.439 e. The van der Waals surface area contributed by atoms with E-state index in [2.05, 4.69) is 10.3 Å². The zero-order chi connectivity index (χ0) is 9.35. The molecule has 0 atom stereocenters. The lowest BCUT2D eigenvalue weighted by Gasteiger charge is -2.00. The van der Waals surface area contributed by atoms with Crippen molar-refractivity contribution in [3.63, 3.8) is 0 Å². The molecule has 1 aromatic heterocycles. The molecule has 1 rings (SSSR count). The lowest BCUT2D eigenvalue weighted by molar-refractivity contribution is -0.143. The van der Waals surface area contributed by atoms with Crippen molar-refractivity contribution in [3.05, 3.63) is 11.6 Å². The number of aromatic nitrogens is 3. The number of halogens is 4. The summed E-state index contributed by atoms with van der Waals surface area (Å²) < 4.78 is 48.7. The Hall–Kier alpha value is -1.14. The van der Waals surface area contributed by atoms with E-state index in [4.69, 9.17) is 0 Å². The number of hydrogen-bond acceptors (Lipinski definition) is 2. The van der Waals surface area contributed by atoms with Gasteiger partial charge in [-0.2, -0.15) is 17.6 Å². The van der Waals surface area contributed by atoms with Crippen molar-refractivity contribution in [3.8, 4) is 0 Å². The molecule has 1 heterocycles. The normalized spacial score (nSPS) is 12.1. The third-order valence-electron chi connectivity index (χ3n) is 1.24. The maximum absolute atomic E-state index is 12.6. The van der Waals surface area contributed by atoms with Crippen LogP contribution < -0.4 is 0 Å². The van der Waals surface area contributed by atoms with E-state index in [1.165, 1.54) is 6.92 Å². The molecule has 0 bridgehead atoms. The van der Waals surface area contributed by atoms with Crippen molar-refractivity contribution < 1.29 is 17.6 Å². The molecule has 1 aromatic rings. The minimum atomic E-state index is -4.77. The van der Waals surface area contributed by atoms with Crippen molar-refractivity contribution in [2.75, 3.05) is 0 Å². The Balaban J connectivity index is 3.11. The number of hydrogen-bond donors (Lipinski definition) is 0. The maximum Gasteiger partial charge on any atom is 0.439 e. The first-order chi connectivity index (χ1) is 5.46. The fraction of sp³-hybridized carbons (Fsp3) is 0.600. The minimum absolute atomic E-state index is 0.0227. The molecule has 0 aromatic carbocycles. The molecule has 12 heavy (non-hydrogen) atoms. The molecule has 0 aliphatic rings. The summed E-state index contributed by atoms with van der Waals surface area (Å²) in [6.07, 6.45) is -4.77. The van der Waals surface area contributed by atoms with Gasteiger partial charge in [-0.3, -0.25) is 0 Å². The van der Waals surface area contributed by atoms with Gasteiger partial charge >= 0.3 is 6.18 Å². The summed E-state index contributed by atoms with van der Waals surface area (Å²) in [6.45, 7) is 1.49. The minimum Gasteiger partial charge on any atom is -0.219 e. The van der Waals surface area contributed by atoms with E-state index in [0.717, 1.165) is 0 Å². The maximum atomic E-state index is 12.6. The van der Waals surface area contributed by atoms with Crippen LogP contribution in [-0.4, -0.2) is 15.0 Å². The molecule has 0 fully saturated rings. The predicted octanol–water partition coefficient (Wildman–Crippen LogP) is 1.46. The average molecular weight is 183 g/mol. The van der Waals surface area contributed by atoms with Gasteiger partial charge in [-0.15, -0.1) is 5.10 Å². The Morgan fingerprint density at radius 1 is 1.42 bits per heavy atom. The number of rotatable bonds is 1. The van der Waals surface area contributed by atoms with Crippen LogP contribution in [0.3, 0.4) is 0 Å². The molecule has 68 valence electrons. The van der Waals surface area contributed by atoms with Gasteiger partial charge in [-0.1, -0.05) is 5.21 Å². The van der Waals surface area contributed by atoms with Crippen LogP contribution in [0.5, 0.6) is 0 Å². The van der Waals surface area contributed by atoms with E-state index in [0.29, 0.717) is 4.68 Å². The van der Waals surface area contributed by atoms with Crippen LogP contribution in [0.4, 0.5) is 17.6 Å². The van der Waals surface area contributed by atoms with Crippen LogP contribution in [-0.2, 0) is 12.7 Å². The first-order valence-electron chi connectivity index (χ1n) is 3.13. The molecule has 0 spiro atoms. The summed E-state index contributed by atoms with van der Waals surface area (Å²) in [5, 5.41) is 5.64.